The molecule has 2 nitrogen and oxygen atoms in total. The largest absolute Gasteiger partial charge is 0.327 e. The highest BCUT2D eigenvalue weighted by Gasteiger charge is 2.12. The average molecular weight is 239 g/mol. The zero-order valence-electron chi connectivity index (χ0n) is 9.91. The van der Waals surface area contributed by atoms with E-state index in [2.05, 4.69) is 31.5 Å². The Labute approximate surface area is 103 Å². The standard InChI is InChI=1S/C13H19ClN2/c1-10(8-15)9-16(3)11(2)12-5-4-6-13(14)7-12/h4-7,11H,1,8-9,15H2,2-3H3. The van der Waals surface area contributed by atoms with E-state index in [4.69, 9.17) is 17.3 Å². The Bertz CT molecular complexity index is 363. The lowest BCUT2D eigenvalue weighted by Gasteiger charge is -2.25. The van der Waals surface area contributed by atoms with E-state index in [0.29, 0.717) is 12.6 Å². The lowest BCUT2D eigenvalue weighted by Crippen LogP contribution is -2.26. The second-order valence-corrected chi connectivity index (χ2v) is 4.54. The molecule has 2 N–H and O–H groups in total. The molecule has 1 aromatic carbocycles. The quantitative estimate of drug-likeness (QED) is 0.800. The van der Waals surface area contributed by atoms with Gasteiger partial charge in [-0.2, -0.15) is 0 Å². The van der Waals surface area contributed by atoms with Crippen LogP contribution in [0.4, 0.5) is 0 Å². The molecule has 1 unspecified atom stereocenters. The third kappa shape index (κ3) is 3.63. The second-order valence-electron chi connectivity index (χ2n) is 4.10. The van der Waals surface area contributed by atoms with Gasteiger partial charge in [0.2, 0.25) is 0 Å². The van der Waals surface area contributed by atoms with Crippen molar-refractivity contribution in [3.63, 3.8) is 0 Å². The number of rotatable bonds is 5. The molecule has 0 radical (unpaired) electrons. The third-order valence-corrected chi connectivity index (χ3v) is 2.99. The van der Waals surface area contributed by atoms with Crippen LogP contribution in [-0.4, -0.2) is 25.0 Å². The van der Waals surface area contributed by atoms with E-state index in [1.54, 1.807) is 0 Å². The summed E-state index contributed by atoms with van der Waals surface area (Å²) in [6, 6.07) is 8.24. The molecule has 0 fully saturated rings. The monoisotopic (exact) mass is 238 g/mol. The molecule has 0 bridgehead atoms. The first kappa shape index (κ1) is 13.2. The Balaban J connectivity index is 2.70. The topological polar surface area (TPSA) is 29.3 Å². The highest BCUT2D eigenvalue weighted by molar-refractivity contribution is 6.30. The summed E-state index contributed by atoms with van der Waals surface area (Å²) in [7, 11) is 2.06. The summed E-state index contributed by atoms with van der Waals surface area (Å²) in [4.78, 5) is 2.21. The van der Waals surface area contributed by atoms with Gasteiger partial charge >= 0.3 is 0 Å². The minimum atomic E-state index is 0.307. The minimum absolute atomic E-state index is 0.307. The molecule has 0 spiro atoms. The maximum absolute atomic E-state index is 5.97. The Morgan fingerprint density at radius 3 is 2.81 bits per heavy atom. The van der Waals surface area contributed by atoms with Crippen molar-refractivity contribution < 1.29 is 0 Å². The van der Waals surface area contributed by atoms with Gasteiger partial charge in [-0.15, -0.1) is 0 Å². The molecule has 0 heterocycles. The summed E-state index contributed by atoms with van der Waals surface area (Å²) in [5, 5.41) is 0.774. The van der Waals surface area contributed by atoms with E-state index in [0.717, 1.165) is 17.1 Å². The molecule has 1 atom stereocenters. The SMILES string of the molecule is C=C(CN)CN(C)C(C)c1cccc(Cl)c1. The smallest absolute Gasteiger partial charge is 0.0409 e. The second kappa shape index (κ2) is 6.04. The van der Waals surface area contributed by atoms with Crippen LogP contribution < -0.4 is 5.73 Å². The van der Waals surface area contributed by atoms with Gasteiger partial charge < -0.3 is 5.73 Å². The zero-order chi connectivity index (χ0) is 12.1. The van der Waals surface area contributed by atoms with Crippen molar-refractivity contribution in [2.24, 2.45) is 5.73 Å². The molecule has 0 aliphatic rings. The summed E-state index contributed by atoms with van der Waals surface area (Å²) in [5.41, 5.74) is 7.78. The van der Waals surface area contributed by atoms with Crippen molar-refractivity contribution in [2.75, 3.05) is 20.1 Å². The number of nitrogens with two attached hydrogens (primary N) is 1. The maximum atomic E-state index is 5.97. The Kier molecular flexibility index (Phi) is 5.00. The lowest BCUT2D eigenvalue weighted by atomic mass is 10.1. The van der Waals surface area contributed by atoms with E-state index < -0.39 is 0 Å². The van der Waals surface area contributed by atoms with Crippen molar-refractivity contribution in [3.05, 3.63) is 47.0 Å². The predicted octanol–water partition coefficient (Wildman–Crippen LogP) is 2.85. The summed E-state index contributed by atoms with van der Waals surface area (Å²) >= 11 is 5.97. The van der Waals surface area contributed by atoms with E-state index in [-0.39, 0.29) is 0 Å². The van der Waals surface area contributed by atoms with Crippen molar-refractivity contribution in [2.45, 2.75) is 13.0 Å². The van der Waals surface area contributed by atoms with Crippen LogP contribution in [0.2, 0.25) is 5.02 Å². The van der Waals surface area contributed by atoms with Crippen molar-refractivity contribution in [1.29, 1.82) is 0 Å². The van der Waals surface area contributed by atoms with E-state index >= 15 is 0 Å². The number of benzene rings is 1. The lowest BCUT2D eigenvalue weighted by molar-refractivity contribution is 0.283. The Hall–Kier alpha value is -0.830. The summed E-state index contributed by atoms with van der Waals surface area (Å²) in [6.07, 6.45) is 0. The first-order chi connectivity index (χ1) is 7.54. The molecule has 16 heavy (non-hydrogen) atoms. The van der Waals surface area contributed by atoms with Gasteiger partial charge in [-0.25, -0.2) is 0 Å². The first-order valence-electron chi connectivity index (χ1n) is 5.37. The molecule has 0 aliphatic carbocycles. The number of likely N-dealkylation sites (N-methyl/N-ethyl adjacent to an activating group) is 1. The minimum Gasteiger partial charge on any atom is -0.327 e. The van der Waals surface area contributed by atoms with Gasteiger partial charge in [0.25, 0.3) is 0 Å². The van der Waals surface area contributed by atoms with Crippen LogP contribution in [-0.2, 0) is 0 Å². The van der Waals surface area contributed by atoms with E-state index in [1.807, 2.05) is 18.2 Å². The van der Waals surface area contributed by atoms with Crippen LogP contribution in [0.5, 0.6) is 0 Å². The molecule has 0 aromatic heterocycles. The molecule has 0 amide bonds. The van der Waals surface area contributed by atoms with Gasteiger partial charge in [-0.1, -0.05) is 30.3 Å². The molecule has 1 rings (SSSR count). The van der Waals surface area contributed by atoms with Gasteiger partial charge in [0.05, 0.1) is 0 Å². The van der Waals surface area contributed by atoms with Crippen molar-refractivity contribution >= 4 is 11.6 Å². The Morgan fingerprint density at radius 2 is 2.25 bits per heavy atom. The molecule has 0 saturated heterocycles. The maximum Gasteiger partial charge on any atom is 0.0409 e. The molecule has 3 heteroatoms. The molecular weight excluding hydrogens is 220 g/mol. The van der Waals surface area contributed by atoms with E-state index in [9.17, 15) is 0 Å². The molecule has 1 aromatic rings. The van der Waals surface area contributed by atoms with Gasteiger partial charge in [0.1, 0.15) is 0 Å². The molecular formula is C13H19ClN2. The van der Waals surface area contributed by atoms with Crippen LogP contribution in [0.1, 0.15) is 18.5 Å². The van der Waals surface area contributed by atoms with Crippen LogP contribution in [0, 0.1) is 0 Å². The fourth-order valence-corrected chi connectivity index (χ4v) is 1.77. The van der Waals surface area contributed by atoms with Gasteiger partial charge in [-0.05, 0) is 37.2 Å². The number of halogens is 1. The Morgan fingerprint density at radius 1 is 1.56 bits per heavy atom. The van der Waals surface area contributed by atoms with E-state index in [1.165, 1.54) is 5.56 Å². The third-order valence-electron chi connectivity index (χ3n) is 2.75. The van der Waals surface area contributed by atoms with Gasteiger partial charge in [0, 0.05) is 24.2 Å². The highest BCUT2D eigenvalue weighted by atomic mass is 35.5. The van der Waals surface area contributed by atoms with Crippen molar-refractivity contribution in [3.8, 4) is 0 Å². The fraction of sp³-hybridized carbons (Fsp3) is 0.385. The van der Waals surface area contributed by atoms with Crippen LogP contribution in [0.15, 0.2) is 36.4 Å². The summed E-state index contributed by atoms with van der Waals surface area (Å²) in [6.45, 7) is 7.41. The highest BCUT2D eigenvalue weighted by Crippen LogP contribution is 2.22. The van der Waals surface area contributed by atoms with Crippen LogP contribution in [0.25, 0.3) is 0 Å². The first-order valence-corrected chi connectivity index (χ1v) is 5.74. The number of hydrogen-bond donors (Lipinski definition) is 1. The van der Waals surface area contributed by atoms with Crippen LogP contribution in [0.3, 0.4) is 0 Å². The summed E-state index contributed by atoms with van der Waals surface area (Å²) < 4.78 is 0. The molecule has 0 saturated carbocycles. The fourth-order valence-electron chi connectivity index (χ4n) is 1.58. The zero-order valence-corrected chi connectivity index (χ0v) is 10.7. The number of hydrogen-bond acceptors (Lipinski definition) is 2. The van der Waals surface area contributed by atoms with Gasteiger partial charge in [0.15, 0.2) is 0 Å². The average Bonchev–Trinajstić information content (AvgIpc) is 2.27. The normalized spacial score (nSPS) is 12.8. The predicted molar refractivity (Wildman–Crippen MR) is 70.7 cm³/mol. The number of nitrogens with zero attached hydrogens (tertiary/aromatic N) is 1. The van der Waals surface area contributed by atoms with Crippen molar-refractivity contribution in [1.82, 2.24) is 4.90 Å². The van der Waals surface area contributed by atoms with Gasteiger partial charge in [-0.3, -0.25) is 4.90 Å². The van der Waals surface area contributed by atoms with Crippen LogP contribution >= 0.6 is 11.6 Å². The molecule has 88 valence electrons. The molecule has 0 aliphatic heterocycles. The summed E-state index contributed by atoms with van der Waals surface area (Å²) in [5.74, 6) is 0.